The van der Waals surface area contributed by atoms with Crippen LogP contribution in [0.25, 0.3) is 11.6 Å². The van der Waals surface area contributed by atoms with Crippen molar-refractivity contribution in [2.45, 2.75) is 132 Å². The molecule has 1 saturated carbocycles. The van der Waals surface area contributed by atoms with Crippen molar-refractivity contribution in [2.75, 3.05) is 4.90 Å². The maximum absolute atomic E-state index is 3.03. The van der Waals surface area contributed by atoms with E-state index in [-0.39, 0.29) is 16.9 Å². The molecule has 6 unspecified atom stereocenters. The molecular formula is C60H63N. The van der Waals surface area contributed by atoms with Gasteiger partial charge < -0.3 is 4.90 Å². The average Bonchev–Trinajstić information content (AvgIpc) is 3.81. The smallest absolute Gasteiger partial charge is 0.0677 e. The van der Waals surface area contributed by atoms with Crippen LogP contribution in [0.5, 0.6) is 0 Å². The Kier molecular flexibility index (Phi) is 9.61. The lowest BCUT2D eigenvalue weighted by Crippen LogP contribution is -2.48. The summed E-state index contributed by atoms with van der Waals surface area (Å²) in [5.74, 6) is 2.66. The van der Waals surface area contributed by atoms with E-state index in [0.29, 0.717) is 23.8 Å². The van der Waals surface area contributed by atoms with Crippen LogP contribution in [0.2, 0.25) is 0 Å². The molecule has 0 N–H and O–H groups in total. The van der Waals surface area contributed by atoms with Crippen LogP contribution in [0.15, 0.2) is 151 Å². The first kappa shape index (κ1) is 37.8. The highest BCUT2D eigenvalue weighted by molar-refractivity contribution is 5.91. The van der Waals surface area contributed by atoms with Gasteiger partial charge in [-0.05, 0) is 157 Å². The third-order valence-corrected chi connectivity index (χ3v) is 17.3. The Morgan fingerprint density at radius 3 is 2.13 bits per heavy atom. The molecule has 1 heteroatoms. The van der Waals surface area contributed by atoms with Gasteiger partial charge in [-0.1, -0.05) is 165 Å². The van der Waals surface area contributed by atoms with Gasteiger partial charge in [0.05, 0.1) is 11.5 Å². The topological polar surface area (TPSA) is 3.24 Å². The highest BCUT2D eigenvalue weighted by atomic mass is 15.2. The lowest BCUT2D eigenvalue weighted by molar-refractivity contribution is 0.0770. The molecule has 4 aromatic carbocycles. The minimum atomic E-state index is -0.349. The lowest BCUT2D eigenvalue weighted by Gasteiger charge is -2.52. The van der Waals surface area contributed by atoms with Crippen molar-refractivity contribution in [3.63, 3.8) is 0 Å². The second kappa shape index (κ2) is 15.5. The number of benzene rings is 4. The molecule has 0 amide bonds. The first-order chi connectivity index (χ1) is 30.3. The van der Waals surface area contributed by atoms with Crippen LogP contribution in [-0.4, -0.2) is 12.1 Å². The van der Waals surface area contributed by atoms with Gasteiger partial charge >= 0.3 is 0 Å². The van der Waals surface area contributed by atoms with E-state index in [1.165, 1.54) is 105 Å². The van der Waals surface area contributed by atoms with E-state index in [2.05, 4.69) is 157 Å². The monoisotopic (exact) mass is 797 g/mol. The van der Waals surface area contributed by atoms with Crippen LogP contribution < -0.4 is 4.90 Å². The molecule has 8 aliphatic carbocycles. The lowest BCUT2D eigenvalue weighted by atomic mass is 9.52. The van der Waals surface area contributed by atoms with Gasteiger partial charge in [0, 0.05) is 28.6 Å². The number of anilines is 1. The second-order valence-electron chi connectivity index (χ2n) is 20.0. The Hall–Kier alpha value is -4.88. The zero-order valence-electron chi connectivity index (χ0n) is 36.2. The van der Waals surface area contributed by atoms with E-state index in [9.17, 15) is 0 Å². The minimum absolute atomic E-state index is 0.214. The fraction of sp³-hybridized carbons (Fsp3) is 0.400. The maximum Gasteiger partial charge on any atom is 0.0677 e. The largest absolute Gasteiger partial charge is 0.361 e. The van der Waals surface area contributed by atoms with Crippen molar-refractivity contribution in [2.24, 2.45) is 17.8 Å². The normalized spacial score (nSPS) is 29.5. The first-order valence-corrected chi connectivity index (χ1v) is 24.6. The molecular weight excluding hydrogens is 735 g/mol. The van der Waals surface area contributed by atoms with Gasteiger partial charge in [0.25, 0.3) is 0 Å². The zero-order valence-corrected chi connectivity index (χ0v) is 36.2. The Bertz CT molecular complexity index is 2450. The third-order valence-electron chi connectivity index (χ3n) is 17.3. The van der Waals surface area contributed by atoms with Gasteiger partial charge in [-0.15, -0.1) is 0 Å². The summed E-state index contributed by atoms with van der Waals surface area (Å²) >= 11 is 0. The fourth-order valence-electron chi connectivity index (χ4n) is 15.1. The van der Waals surface area contributed by atoms with Gasteiger partial charge in [0.15, 0.2) is 0 Å². The Morgan fingerprint density at radius 2 is 1.36 bits per heavy atom. The van der Waals surface area contributed by atoms with Crippen LogP contribution in [0.4, 0.5) is 5.69 Å². The number of nitrogens with zero attached hydrogens (tertiary/aromatic N) is 1. The van der Waals surface area contributed by atoms with E-state index in [4.69, 9.17) is 0 Å². The van der Waals surface area contributed by atoms with Gasteiger partial charge in [-0.25, -0.2) is 0 Å². The van der Waals surface area contributed by atoms with Crippen molar-refractivity contribution < 1.29 is 0 Å². The van der Waals surface area contributed by atoms with E-state index in [1.54, 1.807) is 33.5 Å². The molecule has 0 bridgehead atoms. The molecule has 0 aromatic heterocycles. The molecule has 0 radical (unpaired) electrons. The molecule has 0 heterocycles. The van der Waals surface area contributed by atoms with Gasteiger partial charge in [-0.3, -0.25) is 0 Å². The van der Waals surface area contributed by atoms with Crippen LogP contribution >= 0.6 is 0 Å². The van der Waals surface area contributed by atoms with Gasteiger partial charge in [0.1, 0.15) is 0 Å². The van der Waals surface area contributed by atoms with Gasteiger partial charge in [-0.2, -0.15) is 0 Å². The maximum atomic E-state index is 3.03. The number of hydrogen-bond donors (Lipinski definition) is 0. The minimum Gasteiger partial charge on any atom is -0.361 e. The van der Waals surface area contributed by atoms with Crippen molar-refractivity contribution in [1.82, 2.24) is 0 Å². The predicted octanol–water partition coefficient (Wildman–Crippen LogP) is 14.9. The molecule has 0 spiro atoms. The standard InChI is InChI=1S/C60H63N/c1-6-22-42(23-7-1)59(43-24-8-2-9-25-43)53-36-20-18-32-48(53)49-39-38-47(40-55(49)59)61(46-30-14-5-15-31-46)57-41-56-58(51-34-17-16-33-50(51)57)52-35-19-21-37-54(52)60(56,44-26-10-3-11-27-44)45-28-12-4-13-29-45/h1-2,5-10,14,16,18-20,22-26,32-33,35-36,38-39,41,44-47,52,54H,3-4,11-13,15,17,21,27-31,34,37,40H2. The van der Waals surface area contributed by atoms with Crippen LogP contribution in [0, 0.1) is 17.8 Å². The van der Waals surface area contributed by atoms with Crippen molar-refractivity contribution in [3.8, 4) is 0 Å². The zero-order chi connectivity index (χ0) is 40.4. The van der Waals surface area contributed by atoms with E-state index in [1.807, 2.05) is 0 Å². The average molecular weight is 798 g/mol. The molecule has 4 aromatic rings. The van der Waals surface area contributed by atoms with E-state index in [0.717, 1.165) is 31.6 Å². The molecule has 1 fully saturated rings. The molecule has 0 saturated heterocycles. The van der Waals surface area contributed by atoms with Crippen molar-refractivity contribution in [1.29, 1.82) is 0 Å². The van der Waals surface area contributed by atoms with Gasteiger partial charge in [0.2, 0.25) is 0 Å². The third kappa shape index (κ3) is 5.70. The highest BCUT2D eigenvalue weighted by Gasteiger charge is 2.60. The molecule has 8 aliphatic rings. The molecule has 61 heavy (non-hydrogen) atoms. The first-order valence-electron chi connectivity index (χ1n) is 24.6. The summed E-state index contributed by atoms with van der Waals surface area (Å²) in [5, 5.41) is 0. The summed E-state index contributed by atoms with van der Waals surface area (Å²) in [6.45, 7) is 0. The molecule has 0 aliphatic heterocycles. The number of fused-ring (bicyclic) bond motifs is 7. The second-order valence-corrected chi connectivity index (χ2v) is 20.0. The van der Waals surface area contributed by atoms with Crippen LogP contribution in [-0.2, 0) is 17.3 Å². The molecule has 308 valence electrons. The fourth-order valence-corrected chi connectivity index (χ4v) is 15.1. The Morgan fingerprint density at radius 1 is 0.590 bits per heavy atom. The summed E-state index contributed by atoms with van der Waals surface area (Å²) in [5.41, 5.74) is 16.9. The molecule has 6 atom stereocenters. The Balaban J connectivity index is 1.08. The Labute approximate surface area is 365 Å². The van der Waals surface area contributed by atoms with E-state index < -0.39 is 0 Å². The summed E-state index contributed by atoms with van der Waals surface area (Å²) in [7, 11) is 0. The SMILES string of the molecule is C1=CC(C2(C3CCCCC3)c3cc(N(C4C=CC5=C(C4)C(c4ccccc4)(c4ccccc4)c4ccccc45)C4CC=CCC4)c4c(c3C3C=CCCC32)CCC=C4)CCC1. The van der Waals surface area contributed by atoms with E-state index >= 15 is 0 Å². The summed E-state index contributed by atoms with van der Waals surface area (Å²) in [4.78, 5) is 3.03. The number of rotatable bonds is 7. The van der Waals surface area contributed by atoms with Crippen molar-refractivity contribution >= 4 is 17.3 Å². The predicted molar refractivity (Wildman–Crippen MR) is 256 cm³/mol. The number of hydrogen-bond acceptors (Lipinski definition) is 1. The quantitative estimate of drug-likeness (QED) is 0.168. The summed E-state index contributed by atoms with van der Waals surface area (Å²) < 4.78 is 0. The highest BCUT2D eigenvalue weighted by Crippen LogP contribution is 2.67. The van der Waals surface area contributed by atoms with Crippen molar-refractivity contribution in [3.05, 3.63) is 196 Å². The molecule has 1 nitrogen and oxygen atoms in total. The molecule has 12 rings (SSSR count). The van der Waals surface area contributed by atoms with Crippen LogP contribution in [0.3, 0.4) is 0 Å². The summed E-state index contributed by atoms with van der Waals surface area (Å²) in [6.07, 6.45) is 46.3. The summed E-state index contributed by atoms with van der Waals surface area (Å²) in [6, 6.07) is 36.0. The van der Waals surface area contributed by atoms with Crippen LogP contribution in [0.1, 0.15) is 147 Å². The number of allylic oxidation sites excluding steroid dienone is 8.